The Morgan fingerprint density at radius 1 is 0.778 bits per heavy atom. The van der Waals surface area contributed by atoms with Crippen LogP contribution in [-0.2, 0) is 5.54 Å². The van der Waals surface area contributed by atoms with Gasteiger partial charge < -0.3 is 0 Å². The van der Waals surface area contributed by atoms with Crippen molar-refractivity contribution in [2.45, 2.75) is 31.3 Å². The topological polar surface area (TPSA) is 3.01 Å². The molecule has 0 aliphatic carbocycles. The first kappa shape index (κ1) is 17.8. The summed E-state index contributed by atoms with van der Waals surface area (Å²) in [6, 6.07) is 33.3. The molecule has 2 atom stereocenters. The lowest BCUT2D eigenvalue weighted by atomic mass is 9.76. The summed E-state index contributed by atoms with van der Waals surface area (Å²) in [5.41, 5.74) is 3.72. The Labute approximate surface area is 163 Å². The molecule has 3 aromatic rings. The molecular weight excluding hydrogens is 326 g/mol. The molecule has 0 spiro atoms. The molecule has 2 unspecified atom stereocenters. The molecule has 1 aliphatic rings. The number of hydrogen-bond donors (Lipinski definition) is 0. The minimum atomic E-state index is -0.259. The van der Waals surface area contributed by atoms with Gasteiger partial charge in [-0.3, -0.25) is 4.90 Å². The molecule has 3 aromatic carbocycles. The third-order valence-corrected chi connectivity index (χ3v) is 5.47. The van der Waals surface area contributed by atoms with E-state index in [0.717, 1.165) is 13.0 Å². The highest BCUT2D eigenvalue weighted by atomic mass is 15.4. The second kappa shape index (κ2) is 7.94. The molecule has 0 bridgehead atoms. The summed E-state index contributed by atoms with van der Waals surface area (Å²) in [7, 11) is 0. The van der Waals surface area contributed by atoms with Crippen LogP contribution in [0, 0.1) is 0 Å². The number of rotatable bonds is 7. The number of hydrogen-bond acceptors (Lipinski definition) is 1. The molecule has 1 nitrogen and oxygen atoms in total. The maximum Gasteiger partial charge on any atom is 0.0978 e. The first-order valence-corrected chi connectivity index (χ1v) is 9.97. The SMILES string of the molecule is CCC/C=C\C1CN1C(c1ccccc1)(c1ccccc1)c1ccccc1. The maximum absolute atomic E-state index is 2.62. The zero-order chi connectivity index (χ0) is 18.5. The van der Waals surface area contributed by atoms with Gasteiger partial charge >= 0.3 is 0 Å². The fourth-order valence-electron chi connectivity index (χ4n) is 4.16. The number of unbranched alkanes of at least 4 members (excludes halogenated alkanes) is 1. The van der Waals surface area contributed by atoms with Gasteiger partial charge in [-0.05, 0) is 23.1 Å². The summed E-state index contributed by atoms with van der Waals surface area (Å²) < 4.78 is 0. The molecule has 0 aromatic heterocycles. The van der Waals surface area contributed by atoms with Crippen LogP contribution in [0.15, 0.2) is 103 Å². The van der Waals surface area contributed by atoms with E-state index in [-0.39, 0.29) is 5.54 Å². The molecule has 1 fully saturated rings. The average molecular weight is 354 g/mol. The summed E-state index contributed by atoms with van der Waals surface area (Å²) in [5.74, 6) is 0. The monoisotopic (exact) mass is 353 g/mol. The van der Waals surface area contributed by atoms with E-state index in [9.17, 15) is 0 Å². The van der Waals surface area contributed by atoms with Gasteiger partial charge in [-0.15, -0.1) is 0 Å². The lowest BCUT2D eigenvalue weighted by molar-refractivity contribution is 0.333. The number of benzene rings is 3. The van der Waals surface area contributed by atoms with Crippen LogP contribution in [0.4, 0.5) is 0 Å². The first-order chi connectivity index (χ1) is 13.4. The minimum absolute atomic E-state index is 0.259. The van der Waals surface area contributed by atoms with Crippen molar-refractivity contribution in [3.63, 3.8) is 0 Å². The van der Waals surface area contributed by atoms with Gasteiger partial charge in [0.2, 0.25) is 0 Å². The highest BCUT2D eigenvalue weighted by Gasteiger charge is 2.51. The van der Waals surface area contributed by atoms with Crippen molar-refractivity contribution in [2.75, 3.05) is 6.54 Å². The van der Waals surface area contributed by atoms with E-state index in [1.54, 1.807) is 0 Å². The highest BCUT2D eigenvalue weighted by Crippen LogP contribution is 2.48. The predicted octanol–water partition coefficient (Wildman–Crippen LogP) is 6.02. The van der Waals surface area contributed by atoms with Gasteiger partial charge in [-0.1, -0.05) is 116 Å². The fraction of sp³-hybridized carbons (Fsp3) is 0.231. The summed E-state index contributed by atoms with van der Waals surface area (Å²) in [6.45, 7) is 3.32. The summed E-state index contributed by atoms with van der Waals surface area (Å²) in [4.78, 5) is 2.62. The van der Waals surface area contributed by atoms with Gasteiger partial charge in [0.1, 0.15) is 0 Å². The Morgan fingerprint density at radius 2 is 1.22 bits per heavy atom. The summed E-state index contributed by atoms with van der Waals surface area (Å²) >= 11 is 0. The van der Waals surface area contributed by atoms with Crippen LogP contribution in [0.1, 0.15) is 36.5 Å². The van der Waals surface area contributed by atoms with Crippen molar-refractivity contribution < 1.29 is 0 Å². The number of nitrogens with zero attached hydrogens (tertiary/aromatic N) is 1. The van der Waals surface area contributed by atoms with Crippen molar-refractivity contribution in [1.82, 2.24) is 4.90 Å². The lowest BCUT2D eigenvalue weighted by Crippen LogP contribution is -2.38. The van der Waals surface area contributed by atoms with E-state index in [0.29, 0.717) is 6.04 Å². The summed E-state index contributed by atoms with van der Waals surface area (Å²) in [6.07, 6.45) is 7.09. The van der Waals surface area contributed by atoms with Crippen LogP contribution in [-0.4, -0.2) is 17.5 Å². The standard InChI is InChI=1S/C26H27N/c1-2-3-7-20-25-21-27(25)26(22-14-8-4-9-15-22,23-16-10-5-11-17-23)24-18-12-6-13-19-24/h4-20,25H,2-3,21H2,1H3/b20-7-. The Hall–Kier alpha value is -2.64. The van der Waals surface area contributed by atoms with Crippen LogP contribution in [0.5, 0.6) is 0 Å². The molecule has 27 heavy (non-hydrogen) atoms. The van der Waals surface area contributed by atoms with Crippen molar-refractivity contribution in [1.29, 1.82) is 0 Å². The molecule has 1 heterocycles. The smallest absolute Gasteiger partial charge is 0.0978 e. The second-order valence-electron chi connectivity index (χ2n) is 7.25. The van der Waals surface area contributed by atoms with Gasteiger partial charge in [0, 0.05) is 12.6 Å². The molecule has 0 N–H and O–H groups in total. The van der Waals surface area contributed by atoms with Crippen LogP contribution < -0.4 is 0 Å². The Kier molecular flexibility index (Phi) is 5.22. The van der Waals surface area contributed by atoms with Crippen LogP contribution in [0.25, 0.3) is 0 Å². The fourth-order valence-corrected chi connectivity index (χ4v) is 4.16. The second-order valence-corrected chi connectivity index (χ2v) is 7.25. The Morgan fingerprint density at radius 3 is 1.63 bits per heavy atom. The Bertz CT molecular complexity index is 771. The van der Waals surface area contributed by atoms with Crippen molar-refractivity contribution >= 4 is 0 Å². The third-order valence-electron chi connectivity index (χ3n) is 5.47. The minimum Gasteiger partial charge on any atom is -0.276 e. The van der Waals surface area contributed by atoms with E-state index in [1.807, 2.05) is 0 Å². The quantitative estimate of drug-likeness (QED) is 0.285. The van der Waals surface area contributed by atoms with Gasteiger partial charge in [0.15, 0.2) is 0 Å². The molecule has 1 saturated heterocycles. The van der Waals surface area contributed by atoms with Crippen LogP contribution >= 0.6 is 0 Å². The van der Waals surface area contributed by atoms with Gasteiger partial charge in [-0.25, -0.2) is 0 Å². The van der Waals surface area contributed by atoms with Crippen molar-refractivity contribution in [3.8, 4) is 0 Å². The molecular formula is C26H27N. The van der Waals surface area contributed by atoms with Gasteiger partial charge in [0.05, 0.1) is 5.54 Å². The Balaban J connectivity index is 1.89. The predicted molar refractivity (Wildman–Crippen MR) is 114 cm³/mol. The maximum atomic E-state index is 2.62. The molecule has 4 rings (SSSR count). The van der Waals surface area contributed by atoms with E-state index in [2.05, 4.69) is 115 Å². The van der Waals surface area contributed by atoms with E-state index in [4.69, 9.17) is 0 Å². The van der Waals surface area contributed by atoms with Crippen molar-refractivity contribution in [3.05, 3.63) is 120 Å². The molecule has 1 aliphatic heterocycles. The number of allylic oxidation sites excluding steroid dienone is 1. The zero-order valence-electron chi connectivity index (χ0n) is 16.0. The van der Waals surface area contributed by atoms with Crippen LogP contribution in [0.3, 0.4) is 0 Å². The third kappa shape index (κ3) is 3.36. The van der Waals surface area contributed by atoms with E-state index < -0.39 is 0 Å². The molecule has 0 saturated carbocycles. The average Bonchev–Trinajstić information content (AvgIpc) is 3.51. The molecule has 0 amide bonds. The lowest BCUT2D eigenvalue weighted by Gasteiger charge is -2.38. The van der Waals surface area contributed by atoms with Crippen LogP contribution in [0.2, 0.25) is 0 Å². The normalized spacial score (nSPS) is 19.3. The van der Waals surface area contributed by atoms with Crippen molar-refractivity contribution in [2.24, 2.45) is 0 Å². The summed E-state index contributed by atoms with van der Waals surface area (Å²) in [5, 5.41) is 0. The largest absolute Gasteiger partial charge is 0.276 e. The van der Waals surface area contributed by atoms with Gasteiger partial charge in [-0.2, -0.15) is 0 Å². The molecule has 136 valence electrons. The molecule has 0 radical (unpaired) electrons. The highest BCUT2D eigenvalue weighted by molar-refractivity contribution is 5.51. The van der Waals surface area contributed by atoms with E-state index in [1.165, 1.54) is 23.1 Å². The molecule has 1 heteroatoms. The van der Waals surface area contributed by atoms with E-state index >= 15 is 0 Å². The zero-order valence-corrected chi connectivity index (χ0v) is 16.0. The first-order valence-electron chi connectivity index (χ1n) is 9.97. The van der Waals surface area contributed by atoms with Gasteiger partial charge in [0.25, 0.3) is 0 Å².